The number of ether oxygens (including phenoxy) is 1. The maximum atomic E-state index is 12.6. The van der Waals surface area contributed by atoms with Gasteiger partial charge < -0.3 is 19.6 Å². The van der Waals surface area contributed by atoms with Crippen molar-refractivity contribution in [3.8, 4) is 11.6 Å². The third kappa shape index (κ3) is 4.23. The van der Waals surface area contributed by atoms with E-state index in [-0.39, 0.29) is 5.91 Å². The van der Waals surface area contributed by atoms with Crippen LogP contribution in [0.3, 0.4) is 0 Å². The van der Waals surface area contributed by atoms with Crippen LogP contribution in [0, 0.1) is 6.92 Å². The molecular formula is C23H20N4O4. The molecule has 0 radical (unpaired) electrons. The lowest BCUT2D eigenvalue weighted by molar-refractivity contribution is 0.102. The molecule has 0 saturated carbocycles. The first-order valence-electron chi connectivity index (χ1n) is 9.73. The van der Waals surface area contributed by atoms with Gasteiger partial charge in [-0.1, -0.05) is 17.7 Å². The Morgan fingerprint density at radius 2 is 1.87 bits per heavy atom. The summed E-state index contributed by atoms with van der Waals surface area (Å²) in [6, 6.07) is 15.7. The highest BCUT2D eigenvalue weighted by Crippen LogP contribution is 2.21. The van der Waals surface area contributed by atoms with Crippen LogP contribution in [-0.2, 0) is 6.54 Å². The van der Waals surface area contributed by atoms with Crippen molar-refractivity contribution >= 4 is 22.6 Å². The topological polar surface area (TPSA) is 106 Å². The molecule has 0 spiro atoms. The van der Waals surface area contributed by atoms with Gasteiger partial charge in [0.15, 0.2) is 0 Å². The molecular weight excluding hydrogens is 396 g/mol. The van der Waals surface area contributed by atoms with Crippen LogP contribution in [0.15, 0.2) is 70.4 Å². The number of benzene rings is 2. The minimum Gasteiger partial charge on any atom is -0.439 e. The molecule has 2 aromatic carbocycles. The lowest BCUT2D eigenvalue weighted by Gasteiger charge is -2.10. The Morgan fingerprint density at radius 1 is 1.10 bits per heavy atom. The highest BCUT2D eigenvalue weighted by Gasteiger charge is 2.11. The summed E-state index contributed by atoms with van der Waals surface area (Å²) in [5.41, 5.74) is 1.60. The predicted molar refractivity (Wildman–Crippen MR) is 118 cm³/mol. The number of pyridine rings is 1. The molecule has 0 aliphatic carbocycles. The van der Waals surface area contributed by atoms with Gasteiger partial charge in [0.25, 0.3) is 5.91 Å². The van der Waals surface area contributed by atoms with Gasteiger partial charge in [-0.3, -0.25) is 14.4 Å². The van der Waals surface area contributed by atoms with E-state index in [2.05, 4.69) is 15.3 Å². The first kappa shape index (κ1) is 20.1. The van der Waals surface area contributed by atoms with Crippen molar-refractivity contribution in [3.05, 3.63) is 92.6 Å². The van der Waals surface area contributed by atoms with Crippen LogP contribution in [0.1, 0.15) is 22.8 Å². The predicted octanol–water partition coefficient (Wildman–Crippen LogP) is 3.46. The quantitative estimate of drug-likeness (QED) is 0.485. The number of fused-ring (bicyclic) bond motifs is 1. The Kier molecular flexibility index (Phi) is 5.36. The summed E-state index contributed by atoms with van der Waals surface area (Å²) >= 11 is 0. The summed E-state index contributed by atoms with van der Waals surface area (Å²) in [6.07, 6.45) is 1.50. The fraction of sp³-hybridized carbons (Fsp3) is 0.130. The van der Waals surface area contributed by atoms with Crippen molar-refractivity contribution in [1.82, 2.24) is 14.5 Å². The monoisotopic (exact) mass is 416 g/mol. The van der Waals surface area contributed by atoms with E-state index >= 15 is 0 Å². The van der Waals surface area contributed by atoms with Crippen LogP contribution >= 0.6 is 0 Å². The largest absolute Gasteiger partial charge is 0.439 e. The molecule has 0 aliphatic heterocycles. The molecule has 8 heteroatoms. The lowest BCUT2D eigenvalue weighted by atomic mass is 10.1. The summed E-state index contributed by atoms with van der Waals surface area (Å²) in [5.74, 6) is 0.708. The fourth-order valence-corrected chi connectivity index (χ4v) is 3.18. The number of rotatable bonds is 5. The average Bonchev–Trinajstić information content (AvgIpc) is 2.77. The van der Waals surface area contributed by atoms with E-state index in [4.69, 9.17) is 4.74 Å². The molecule has 2 heterocycles. The fourth-order valence-electron chi connectivity index (χ4n) is 3.18. The van der Waals surface area contributed by atoms with Crippen LogP contribution in [0.2, 0.25) is 0 Å². The van der Waals surface area contributed by atoms with Gasteiger partial charge in [-0.25, -0.2) is 4.98 Å². The van der Waals surface area contributed by atoms with Crippen molar-refractivity contribution in [2.45, 2.75) is 20.4 Å². The zero-order chi connectivity index (χ0) is 22.0. The number of carbonyl (C=O) groups excluding carboxylic acids is 1. The maximum Gasteiger partial charge on any atom is 0.316 e. The second-order valence-electron chi connectivity index (χ2n) is 6.99. The number of aromatic nitrogens is 3. The molecule has 0 unspecified atom stereocenters. The van der Waals surface area contributed by atoms with Crippen molar-refractivity contribution in [2.24, 2.45) is 0 Å². The van der Waals surface area contributed by atoms with Crippen LogP contribution in [0.25, 0.3) is 11.0 Å². The van der Waals surface area contributed by atoms with Crippen LogP contribution in [0.5, 0.6) is 11.6 Å². The molecule has 2 aromatic heterocycles. The number of aryl methyl sites for hydroxylation is 2. The van der Waals surface area contributed by atoms with E-state index in [1.807, 2.05) is 31.2 Å². The molecule has 0 bridgehead atoms. The molecule has 2 N–H and O–H groups in total. The van der Waals surface area contributed by atoms with E-state index in [0.29, 0.717) is 40.5 Å². The molecule has 0 atom stereocenters. The van der Waals surface area contributed by atoms with Crippen molar-refractivity contribution < 1.29 is 9.53 Å². The molecule has 156 valence electrons. The number of nitrogens with one attached hydrogen (secondary N) is 2. The maximum absolute atomic E-state index is 12.6. The highest BCUT2D eigenvalue weighted by atomic mass is 16.5. The Bertz CT molecular complexity index is 1370. The van der Waals surface area contributed by atoms with Gasteiger partial charge in [0.2, 0.25) is 5.88 Å². The van der Waals surface area contributed by atoms with Crippen molar-refractivity contribution in [3.63, 3.8) is 0 Å². The number of amides is 1. The first-order chi connectivity index (χ1) is 14.9. The second-order valence-corrected chi connectivity index (χ2v) is 6.99. The SMILES string of the molecule is CCn1c(=O)c(=O)[nH]c2cc(C(=O)Nc3ccc(Oc4ccc(C)cc4)nc3)ccc21. The molecule has 8 nitrogen and oxygen atoms in total. The molecule has 31 heavy (non-hydrogen) atoms. The minimum atomic E-state index is -0.722. The summed E-state index contributed by atoms with van der Waals surface area (Å²) in [5, 5.41) is 2.76. The third-order valence-corrected chi connectivity index (χ3v) is 4.79. The van der Waals surface area contributed by atoms with E-state index in [1.54, 1.807) is 37.3 Å². The number of carbonyl (C=O) groups is 1. The Morgan fingerprint density at radius 3 is 2.55 bits per heavy atom. The first-order valence-corrected chi connectivity index (χ1v) is 9.73. The Labute approximate surface area is 177 Å². The normalized spacial score (nSPS) is 10.8. The van der Waals surface area contributed by atoms with Gasteiger partial charge in [-0.2, -0.15) is 0 Å². The van der Waals surface area contributed by atoms with E-state index in [0.717, 1.165) is 5.56 Å². The number of aromatic amines is 1. The van der Waals surface area contributed by atoms with Gasteiger partial charge in [-0.15, -0.1) is 0 Å². The molecule has 0 fully saturated rings. The van der Waals surface area contributed by atoms with Gasteiger partial charge in [0.05, 0.1) is 22.9 Å². The molecule has 4 aromatic rings. The minimum absolute atomic E-state index is 0.337. The van der Waals surface area contributed by atoms with Gasteiger partial charge >= 0.3 is 11.1 Å². The number of hydrogen-bond donors (Lipinski definition) is 2. The second kappa shape index (κ2) is 8.27. The Balaban J connectivity index is 1.52. The standard InChI is InChI=1S/C23H20N4O4/c1-3-27-19-10-6-15(12-18(19)26-22(29)23(27)30)21(28)25-16-7-11-20(24-13-16)31-17-8-4-14(2)5-9-17/h4-13H,3H2,1-2H3,(H,25,28)(H,26,29). The van der Waals surface area contributed by atoms with Crippen LogP contribution in [-0.4, -0.2) is 20.4 Å². The van der Waals surface area contributed by atoms with Crippen molar-refractivity contribution in [2.75, 3.05) is 5.32 Å². The number of H-pyrrole nitrogens is 1. The van der Waals surface area contributed by atoms with E-state index in [9.17, 15) is 14.4 Å². The lowest BCUT2D eigenvalue weighted by Crippen LogP contribution is -2.36. The van der Waals surface area contributed by atoms with Gasteiger partial charge in [-0.05, 0) is 50.2 Å². The number of anilines is 1. The van der Waals surface area contributed by atoms with Crippen LogP contribution < -0.4 is 21.2 Å². The molecule has 0 aliphatic rings. The van der Waals surface area contributed by atoms with Crippen LogP contribution in [0.4, 0.5) is 5.69 Å². The number of nitrogens with zero attached hydrogens (tertiary/aromatic N) is 2. The summed E-state index contributed by atoms with van der Waals surface area (Å²) in [7, 11) is 0. The Hall–Kier alpha value is -4.20. The molecule has 1 amide bonds. The summed E-state index contributed by atoms with van der Waals surface area (Å²) in [4.78, 5) is 43.2. The summed E-state index contributed by atoms with van der Waals surface area (Å²) in [6.45, 7) is 4.13. The zero-order valence-corrected chi connectivity index (χ0v) is 17.0. The van der Waals surface area contributed by atoms with Gasteiger partial charge in [0, 0.05) is 18.2 Å². The zero-order valence-electron chi connectivity index (χ0n) is 17.0. The summed E-state index contributed by atoms with van der Waals surface area (Å²) < 4.78 is 7.05. The average molecular weight is 416 g/mol. The van der Waals surface area contributed by atoms with E-state index < -0.39 is 11.1 Å². The third-order valence-electron chi connectivity index (χ3n) is 4.79. The van der Waals surface area contributed by atoms with Gasteiger partial charge in [0.1, 0.15) is 5.75 Å². The number of hydrogen-bond acceptors (Lipinski definition) is 5. The molecule has 0 saturated heterocycles. The molecule has 4 rings (SSSR count). The van der Waals surface area contributed by atoms with E-state index in [1.165, 1.54) is 10.8 Å². The smallest absolute Gasteiger partial charge is 0.316 e. The highest BCUT2D eigenvalue weighted by molar-refractivity contribution is 6.05. The van der Waals surface area contributed by atoms with Crippen molar-refractivity contribution in [1.29, 1.82) is 0 Å².